The smallest absolute Gasteiger partial charge is 0.317 e. The molecular weight excluding hydrogens is 346 g/mol. The Morgan fingerprint density at radius 3 is 2.70 bits per heavy atom. The molecule has 7 heteroatoms. The Hall–Kier alpha value is -2.44. The van der Waals surface area contributed by atoms with Gasteiger partial charge in [-0.2, -0.15) is 0 Å². The average Bonchev–Trinajstić information content (AvgIpc) is 3.07. The van der Waals surface area contributed by atoms with Crippen molar-refractivity contribution in [2.45, 2.75) is 51.1 Å². The molecule has 2 atom stereocenters. The third-order valence-corrected chi connectivity index (χ3v) is 5.49. The molecule has 27 heavy (non-hydrogen) atoms. The molecule has 2 fully saturated rings. The van der Waals surface area contributed by atoms with Gasteiger partial charge in [0.25, 0.3) is 0 Å². The van der Waals surface area contributed by atoms with E-state index in [1.807, 2.05) is 11.0 Å². The molecule has 0 unspecified atom stereocenters. The summed E-state index contributed by atoms with van der Waals surface area (Å²) < 4.78 is 10.6. The van der Waals surface area contributed by atoms with Gasteiger partial charge in [0.05, 0.1) is 20.3 Å². The Balaban J connectivity index is 1.66. The number of nitrogens with one attached hydrogen (secondary N) is 1. The highest BCUT2D eigenvalue weighted by atomic mass is 16.5. The number of anilines is 1. The van der Waals surface area contributed by atoms with E-state index in [1.54, 1.807) is 31.3 Å². The molecule has 148 valence electrons. The first-order valence-electron chi connectivity index (χ1n) is 9.66. The molecule has 0 aromatic heterocycles. The van der Waals surface area contributed by atoms with Gasteiger partial charge in [0, 0.05) is 37.3 Å². The van der Waals surface area contributed by atoms with Crippen LogP contribution in [0.5, 0.6) is 11.5 Å². The van der Waals surface area contributed by atoms with Gasteiger partial charge in [0.15, 0.2) is 11.5 Å². The normalized spacial score (nSPS) is 22.7. The summed E-state index contributed by atoms with van der Waals surface area (Å²) in [6.45, 7) is 3.38. The predicted octanol–water partition coefficient (Wildman–Crippen LogP) is 2.78. The zero-order chi connectivity index (χ0) is 19.4. The molecule has 0 spiro atoms. The quantitative estimate of drug-likeness (QED) is 0.859. The van der Waals surface area contributed by atoms with Crippen LogP contribution in [-0.4, -0.2) is 56.2 Å². The van der Waals surface area contributed by atoms with E-state index in [-0.39, 0.29) is 18.0 Å². The minimum atomic E-state index is -0.183. The molecule has 2 saturated heterocycles. The fourth-order valence-electron chi connectivity index (χ4n) is 4.00. The minimum absolute atomic E-state index is 0.00166. The highest BCUT2D eigenvalue weighted by molar-refractivity contribution is 5.97. The van der Waals surface area contributed by atoms with Crippen LogP contribution in [-0.2, 0) is 4.79 Å². The van der Waals surface area contributed by atoms with Crippen LogP contribution in [0.3, 0.4) is 0 Å². The number of urea groups is 1. The van der Waals surface area contributed by atoms with Crippen LogP contribution in [0, 0.1) is 0 Å². The number of likely N-dealkylation sites (tertiary alicyclic amines) is 1. The van der Waals surface area contributed by atoms with Crippen LogP contribution in [0.4, 0.5) is 10.5 Å². The van der Waals surface area contributed by atoms with E-state index < -0.39 is 0 Å². The zero-order valence-electron chi connectivity index (χ0n) is 16.4. The van der Waals surface area contributed by atoms with Crippen molar-refractivity contribution < 1.29 is 19.1 Å². The Morgan fingerprint density at radius 2 is 2.00 bits per heavy atom. The fourth-order valence-corrected chi connectivity index (χ4v) is 4.00. The van der Waals surface area contributed by atoms with Crippen molar-refractivity contribution in [3.8, 4) is 11.5 Å². The number of piperidine rings is 1. The third kappa shape index (κ3) is 4.12. The number of methoxy groups -OCH3 is 2. The largest absolute Gasteiger partial charge is 0.493 e. The summed E-state index contributed by atoms with van der Waals surface area (Å²) >= 11 is 0. The second-order valence-corrected chi connectivity index (χ2v) is 7.15. The summed E-state index contributed by atoms with van der Waals surface area (Å²) in [5.41, 5.74) is 0.749. The van der Waals surface area contributed by atoms with Gasteiger partial charge in [-0.05, 0) is 37.8 Å². The predicted molar refractivity (Wildman–Crippen MR) is 103 cm³/mol. The van der Waals surface area contributed by atoms with Crippen molar-refractivity contribution in [2.75, 3.05) is 32.2 Å². The number of amides is 3. The highest BCUT2D eigenvalue weighted by Gasteiger charge is 2.34. The summed E-state index contributed by atoms with van der Waals surface area (Å²) in [6.07, 6.45) is 4.56. The average molecular weight is 375 g/mol. The number of carbonyl (C=O) groups excluding carboxylic acids is 2. The molecule has 3 amide bonds. The second-order valence-electron chi connectivity index (χ2n) is 7.15. The van der Waals surface area contributed by atoms with Crippen LogP contribution in [0.2, 0.25) is 0 Å². The monoisotopic (exact) mass is 375 g/mol. The number of carbonyl (C=O) groups is 2. The number of rotatable bonds is 5. The highest BCUT2D eigenvalue weighted by Crippen LogP contribution is 2.33. The maximum absolute atomic E-state index is 12.7. The van der Waals surface area contributed by atoms with Crippen molar-refractivity contribution in [1.29, 1.82) is 0 Å². The Labute approximate surface area is 160 Å². The van der Waals surface area contributed by atoms with Gasteiger partial charge in [-0.3, -0.25) is 4.79 Å². The van der Waals surface area contributed by atoms with Gasteiger partial charge in [0.1, 0.15) is 0 Å². The SMILES string of the molecule is CC[C@@H]1CCCCN1C(=O)N[C@@H]1CC(=O)N(c2ccc(OC)c(OC)c2)C1. The lowest BCUT2D eigenvalue weighted by Gasteiger charge is -2.35. The molecule has 0 aliphatic carbocycles. The van der Waals surface area contributed by atoms with Crippen LogP contribution >= 0.6 is 0 Å². The molecule has 7 nitrogen and oxygen atoms in total. The van der Waals surface area contributed by atoms with Gasteiger partial charge >= 0.3 is 6.03 Å². The minimum Gasteiger partial charge on any atom is -0.493 e. The number of hydrogen-bond donors (Lipinski definition) is 1. The molecule has 3 rings (SSSR count). The van der Waals surface area contributed by atoms with Crippen LogP contribution in [0.15, 0.2) is 18.2 Å². The Morgan fingerprint density at radius 1 is 1.22 bits per heavy atom. The molecule has 2 heterocycles. The van der Waals surface area contributed by atoms with Gasteiger partial charge in [-0.1, -0.05) is 6.92 Å². The summed E-state index contributed by atoms with van der Waals surface area (Å²) in [5, 5.41) is 3.06. The number of hydrogen-bond acceptors (Lipinski definition) is 4. The molecular formula is C20H29N3O4. The van der Waals surface area contributed by atoms with Gasteiger partial charge < -0.3 is 24.6 Å². The molecule has 2 aliphatic rings. The molecule has 1 aromatic rings. The number of benzene rings is 1. The molecule has 2 aliphatic heterocycles. The van der Waals surface area contributed by atoms with E-state index in [9.17, 15) is 9.59 Å². The van der Waals surface area contributed by atoms with Crippen LogP contribution < -0.4 is 19.7 Å². The second kappa shape index (κ2) is 8.50. The first-order valence-corrected chi connectivity index (χ1v) is 9.66. The van der Waals surface area contributed by atoms with Crippen molar-refractivity contribution in [2.24, 2.45) is 0 Å². The van der Waals surface area contributed by atoms with Gasteiger partial charge in [0.2, 0.25) is 5.91 Å². The number of nitrogens with zero attached hydrogens (tertiary/aromatic N) is 2. The van der Waals surface area contributed by atoms with E-state index in [4.69, 9.17) is 9.47 Å². The zero-order valence-corrected chi connectivity index (χ0v) is 16.4. The van der Waals surface area contributed by atoms with Crippen molar-refractivity contribution in [3.63, 3.8) is 0 Å². The maximum atomic E-state index is 12.7. The lowest BCUT2D eigenvalue weighted by atomic mass is 10.0. The van der Waals surface area contributed by atoms with E-state index in [1.165, 1.54) is 6.42 Å². The summed E-state index contributed by atoms with van der Waals surface area (Å²) in [5.74, 6) is 1.20. The number of ether oxygens (including phenoxy) is 2. The molecule has 0 bridgehead atoms. The maximum Gasteiger partial charge on any atom is 0.317 e. The first kappa shape index (κ1) is 19.3. The Bertz CT molecular complexity index is 694. The lowest BCUT2D eigenvalue weighted by molar-refractivity contribution is -0.117. The van der Waals surface area contributed by atoms with Gasteiger partial charge in [-0.25, -0.2) is 4.79 Å². The van der Waals surface area contributed by atoms with Gasteiger partial charge in [-0.15, -0.1) is 0 Å². The first-order chi connectivity index (χ1) is 13.1. The summed E-state index contributed by atoms with van der Waals surface area (Å²) in [4.78, 5) is 28.8. The molecule has 0 radical (unpaired) electrons. The Kier molecular flexibility index (Phi) is 6.08. The van der Waals surface area contributed by atoms with Crippen LogP contribution in [0.25, 0.3) is 0 Å². The van der Waals surface area contributed by atoms with Crippen molar-refractivity contribution in [1.82, 2.24) is 10.2 Å². The van der Waals surface area contributed by atoms with E-state index in [0.29, 0.717) is 30.5 Å². The third-order valence-electron chi connectivity index (χ3n) is 5.49. The van der Waals surface area contributed by atoms with Crippen LogP contribution in [0.1, 0.15) is 39.0 Å². The molecule has 1 aromatic carbocycles. The topological polar surface area (TPSA) is 71.1 Å². The standard InChI is InChI=1S/C20H29N3O4/c1-4-15-7-5-6-10-22(15)20(25)21-14-11-19(24)23(13-14)16-8-9-17(26-2)18(12-16)27-3/h8-9,12,14-15H,4-7,10-11,13H2,1-3H3,(H,21,25)/t14-,15-/m1/s1. The van der Waals surface area contributed by atoms with E-state index in [0.717, 1.165) is 31.5 Å². The molecule has 1 N–H and O–H groups in total. The lowest BCUT2D eigenvalue weighted by Crippen LogP contribution is -2.51. The van der Waals surface area contributed by atoms with E-state index in [2.05, 4.69) is 12.2 Å². The summed E-state index contributed by atoms with van der Waals surface area (Å²) in [6, 6.07) is 5.48. The van der Waals surface area contributed by atoms with Crippen molar-refractivity contribution >= 4 is 17.6 Å². The molecule has 0 saturated carbocycles. The summed E-state index contributed by atoms with van der Waals surface area (Å²) in [7, 11) is 3.15. The van der Waals surface area contributed by atoms with Crippen molar-refractivity contribution in [3.05, 3.63) is 18.2 Å². The fraction of sp³-hybridized carbons (Fsp3) is 0.600. The van der Waals surface area contributed by atoms with E-state index >= 15 is 0 Å².